The van der Waals surface area contributed by atoms with E-state index in [1.807, 2.05) is 18.2 Å². The van der Waals surface area contributed by atoms with Crippen molar-refractivity contribution in [3.63, 3.8) is 0 Å². The van der Waals surface area contributed by atoms with Crippen molar-refractivity contribution < 1.29 is 13.2 Å². The molecule has 3 rings (SSSR count). The molecule has 1 fully saturated rings. The number of rotatable bonds is 7. The second kappa shape index (κ2) is 10.2. The molecule has 158 valence electrons. The minimum Gasteiger partial charge on any atom is -0.300 e. The van der Waals surface area contributed by atoms with E-state index in [0.717, 1.165) is 44.3 Å². The van der Waals surface area contributed by atoms with Crippen LogP contribution in [-0.4, -0.2) is 24.0 Å². The molecule has 0 amide bonds. The van der Waals surface area contributed by atoms with Crippen molar-refractivity contribution in [1.82, 2.24) is 4.90 Å². The molecule has 0 bridgehead atoms. The molecular formula is C23H26Cl2F3N. The van der Waals surface area contributed by atoms with E-state index in [1.54, 1.807) is 12.1 Å². The molecule has 1 unspecified atom stereocenters. The van der Waals surface area contributed by atoms with Gasteiger partial charge < -0.3 is 4.90 Å². The van der Waals surface area contributed by atoms with Gasteiger partial charge in [0.25, 0.3) is 0 Å². The van der Waals surface area contributed by atoms with Gasteiger partial charge in [-0.3, -0.25) is 0 Å². The summed E-state index contributed by atoms with van der Waals surface area (Å²) < 4.78 is 37.9. The minimum absolute atomic E-state index is 0.507. The predicted octanol–water partition coefficient (Wildman–Crippen LogP) is 7.43. The SMILES string of the molecule is FC(F)(F)c1ccc(CCCCN2CCCCC2Cc2ccc(Cl)c(Cl)c2)cc1. The fourth-order valence-corrected chi connectivity index (χ4v) is 4.35. The molecule has 0 spiro atoms. The maximum atomic E-state index is 12.6. The summed E-state index contributed by atoms with van der Waals surface area (Å²) in [5, 5.41) is 1.18. The number of likely N-dealkylation sites (tertiary alicyclic amines) is 1. The molecule has 6 heteroatoms. The van der Waals surface area contributed by atoms with Crippen LogP contribution in [0.15, 0.2) is 42.5 Å². The van der Waals surface area contributed by atoms with Crippen molar-refractivity contribution in [2.24, 2.45) is 0 Å². The molecule has 1 atom stereocenters. The lowest BCUT2D eigenvalue weighted by molar-refractivity contribution is -0.137. The lowest BCUT2D eigenvalue weighted by atomic mass is 9.95. The van der Waals surface area contributed by atoms with Gasteiger partial charge in [0.2, 0.25) is 0 Å². The molecule has 0 aliphatic carbocycles. The highest BCUT2D eigenvalue weighted by Gasteiger charge is 2.29. The van der Waals surface area contributed by atoms with Crippen molar-refractivity contribution in [3.8, 4) is 0 Å². The zero-order valence-corrected chi connectivity index (χ0v) is 17.8. The molecule has 0 N–H and O–H groups in total. The van der Waals surface area contributed by atoms with Crippen LogP contribution in [0.4, 0.5) is 13.2 Å². The minimum atomic E-state index is -4.27. The Bertz CT molecular complexity index is 790. The Labute approximate surface area is 180 Å². The van der Waals surface area contributed by atoms with E-state index in [-0.39, 0.29) is 0 Å². The van der Waals surface area contributed by atoms with Crippen LogP contribution in [0.25, 0.3) is 0 Å². The van der Waals surface area contributed by atoms with E-state index in [0.29, 0.717) is 16.1 Å². The Morgan fingerprint density at radius 1 is 0.897 bits per heavy atom. The Balaban J connectivity index is 1.47. The van der Waals surface area contributed by atoms with E-state index >= 15 is 0 Å². The van der Waals surface area contributed by atoms with Gasteiger partial charge >= 0.3 is 6.18 Å². The van der Waals surface area contributed by atoms with Crippen LogP contribution in [0.5, 0.6) is 0 Å². The number of hydrogen-bond donors (Lipinski definition) is 0. The standard InChI is InChI=1S/C23H26Cl2F3N/c24-21-12-9-18(16-22(21)25)15-20-6-2-4-14-29(20)13-3-1-5-17-7-10-19(11-8-17)23(26,27)28/h7-12,16,20H,1-6,13-15H2. The number of nitrogens with zero attached hydrogens (tertiary/aromatic N) is 1. The van der Waals surface area contributed by atoms with Gasteiger partial charge in [0, 0.05) is 6.04 Å². The van der Waals surface area contributed by atoms with Gasteiger partial charge in [-0.05, 0) is 87.0 Å². The third-order valence-corrected chi connectivity index (χ3v) is 6.39. The number of piperidine rings is 1. The summed E-state index contributed by atoms with van der Waals surface area (Å²) in [6.45, 7) is 2.12. The van der Waals surface area contributed by atoms with Gasteiger partial charge in [0.1, 0.15) is 0 Å². The summed E-state index contributed by atoms with van der Waals surface area (Å²) in [6, 6.07) is 11.9. The summed E-state index contributed by atoms with van der Waals surface area (Å²) in [5.41, 5.74) is 1.59. The lowest BCUT2D eigenvalue weighted by Crippen LogP contribution is -2.41. The van der Waals surface area contributed by atoms with Crippen LogP contribution in [0, 0.1) is 0 Å². The van der Waals surface area contributed by atoms with Gasteiger partial charge in [-0.2, -0.15) is 13.2 Å². The number of aryl methyl sites for hydroxylation is 1. The van der Waals surface area contributed by atoms with E-state index in [9.17, 15) is 13.2 Å². The first-order chi connectivity index (χ1) is 13.8. The fourth-order valence-electron chi connectivity index (χ4n) is 4.03. The van der Waals surface area contributed by atoms with Crippen LogP contribution >= 0.6 is 23.2 Å². The van der Waals surface area contributed by atoms with Gasteiger partial charge in [-0.1, -0.05) is 47.8 Å². The highest BCUT2D eigenvalue weighted by molar-refractivity contribution is 6.42. The molecule has 0 aromatic heterocycles. The lowest BCUT2D eigenvalue weighted by Gasteiger charge is -2.36. The van der Waals surface area contributed by atoms with Crippen molar-refractivity contribution in [1.29, 1.82) is 0 Å². The molecule has 29 heavy (non-hydrogen) atoms. The Hall–Kier alpha value is -1.23. The first-order valence-electron chi connectivity index (χ1n) is 10.2. The van der Waals surface area contributed by atoms with Crippen molar-refractivity contribution in [2.75, 3.05) is 13.1 Å². The van der Waals surface area contributed by atoms with E-state index in [2.05, 4.69) is 4.90 Å². The van der Waals surface area contributed by atoms with Crippen LogP contribution in [0.1, 0.15) is 48.8 Å². The van der Waals surface area contributed by atoms with Crippen LogP contribution < -0.4 is 0 Å². The van der Waals surface area contributed by atoms with Crippen LogP contribution in [-0.2, 0) is 19.0 Å². The number of alkyl halides is 3. The molecule has 0 radical (unpaired) electrons. The van der Waals surface area contributed by atoms with E-state index in [4.69, 9.17) is 23.2 Å². The predicted molar refractivity (Wildman–Crippen MR) is 114 cm³/mol. The summed E-state index contributed by atoms with van der Waals surface area (Å²) in [4.78, 5) is 2.55. The maximum Gasteiger partial charge on any atom is 0.416 e. The summed E-state index contributed by atoms with van der Waals surface area (Å²) in [7, 11) is 0. The molecule has 0 saturated carbocycles. The topological polar surface area (TPSA) is 3.24 Å². The van der Waals surface area contributed by atoms with Crippen LogP contribution in [0.2, 0.25) is 10.0 Å². The maximum absolute atomic E-state index is 12.6. The first-order valence-corrected chi connectivity index (χ1v) is 10.9. The zero-order chi connectivity index (χ0) is 20.9. The summed E-state index contributed by atoms with van der Waals surface area (Å²) in [5.74, 6) is 0. The largest absolute Gasteiger partial charge is 0.416 e. The van der Waals surface area contributed by atoms with Gasteiger partial charge in [-0.25, -0.2) is 0 Å². The van der Waals surface area contributed by atoms with Crippen LogP contribution in [0.3, 0.4) is 0 Å². The first kappa shape index (κ1) is 22.5. The molecule has 1 aliphatic rings. The average Bonchev–Trinajstić information content (AvgIpc) is 2.69. The molecular weight excluding hydrogens is 418 g/mol. The van der Waals surface area contributed by atoms with Gasteiger partial charge in [0.15, 0.2) is 0 Å². The quantitative estimate of drug-likeness (QED) is 0.402. The average molecular weight is 444 g/mol. The molecule has 1 heterocycles. The molecule has 2 aromatic carbocycles. The molecule has 1 aliphatic heterocycles. The van der Waals surface area contributed by atoms with Crippen molar-refractivity contribution in [3.05, 3.63) is 69.2 Å². The number of unbranched alkanes of at least 4 members (excludes halogenated alkanes) is 1. The number of hydrogen-bond acceptors (Lipinski definition) is 1. The summed E-state index contributed by atoms with van der Waals surface area (Å²) >= 11 is 12.2. The molecule has 1 nitrogen and oxygen atoms in total. The normalized spacial score (nSPS) is 18.2. The zero-order valence-electron chi connectivity index (χ0n) is 16.3. The smallest absolute Gasteiger partial charge is 0.300 e. The van der Waals surface area contributed by atoms with E-state index < -0.39 is 11.7 Å². The van der Waals surface area contributed by atoms with Gasteiger partial charge in [0.05, 0.1) is 15.6 Å². The molecule has 1 saturated heterocycles. The number of benzene rings is 2. The Kier molecular flexibility index (Phi) is 7.89. The van der Waals surface area contributed by atoms with Crippen molar-refractivity contribution >= 4 is 23.2 Å². The third-order valence-electron chi connectivity index (χ3n) is 5.65. The Morgan fingerprint density at radius 3 is 2.31 bits per heavy atom. The van der Waals surface area contributed by atoms with E-state index in [1.165, 1.54) is 37.0 Å². The highest BCUT2D eigenvalue weighted by Crippen LogP contribution is 2.29. The Morgan fingerprint density at radius 2 is 1.62 bits per heavy atom. The second-order valence-corrected chi connectivity index (χ2v) is 8.60. The fraction of sp³-hybridized carbons (Fsp3) is 0.478. The summed E-state index contributed by atoms with van der Waals surface area (Å²) in [6.07, 6.45) is 3.17. The number of halogens is 5. The van der Waals surface area contributed by atoms with Crippen molar-refractivity contribution in [2.45, 2.75) is 57.2 Å². The highest BCUT2D eigenvalue weighted by atomic mass is 35.5. The third kappa shape index (κ3) is 6.63. The second-order valence-electron chi connectivity index (χ2n) is 7.79. The van der Waals surface area contributed by atoms with Gasteiger partial charge in [-0.15, -0.1) is 0 Å². The monoisotopic (exact) mass is 443 g/mol. The molecule has 2 aromatic rings.